The summed E-state index contributed by atoms with van der Waals surface area (Å²) in [6.07, 6.45) is 37.5. The molecule has 0 bridgehead atoms. The second kappa shape index (κ2) is 11.5. The van der Waals surface area contributed by atoms with Crippen molar-refractivity contribution in [3.63, 3.8) is 0 Å². The van der Waals surface area contributed by atoms with E-state index in [1.54, 1.807) is 27.9 Å². The quantitative estimate of drug-likeness (QED) is 0.226. The molecule has 2 saturated carbocycles. The average molecular weight is 685 g/mol. The molecule has 4 fully saturated rings. The van der Waals surface area contributed by atoms with Crippen LogP contribution < -0.4 is 10.4 Å². The Balaban J connectivity index is 1.21. The van der Waals surface area contributed by atoms with Crippen molar-refractivity contribution in [2.45, 2.75) is 169 Å². The zero-order chi connectivity index (χ0) is 34.2. The molecule has 0 N–H and O–H groups in total. The number of benzene rings is 1. The van der Waals surface area contributed by atoms with Crippen LogP contribution in [-0.4, -0.2) is 51.7 Å². The number of nitrogens with zero attached hydrogens (tertiary/aromatic N) is 2. The van der Waals surface area contributed by atoms with Gasteiger partial charge in [0, 0.05) is 63.0 Å². The summed E-state index contributed by atoms with van der Waals surface area (Å²) in [5, 5.41) is 1.20. The smallest absolute Gasteiger partial charge is 0.201 e. The summed E-state index contributed by atoms with van der Waals surface area (Å²) in [4.78, 5) is 6.35. The molecule has 1 aromatic rings. The normalized spacial score (nSPS) is 40.4. The molecule has 2 nitrogen and oxygen atoms in total. The molecule has 10 rings (SSSR count). The molecule has 5 aliphatic carbocycles. The standard InChI is InChI=1S/C46H61BN2S/c1-29-24-37-40-38(25-29)49-42-35(46(45(49,5)6)22-14-9-15-23-46)26-31(30-16-10-7-11-17-30)27-36(42)47(40)43-41(48(37)33-18-12-8-13-19-33)34-28-32(44(2,3)4)20-21-39(34)50-43/h8,10,12-13,16,18,20-21,26-30,33-34,37-41,43H,7,9,11,14-15,17,19,22-25H2,1-6H3. The Morgan fingerprint density at radius 3 is 2.48 bits per heavy atom. The largest absolute Gasteiger partial charge is 0.363 e. The molecule has 1 spiro atoms. The minimum atomic E-state index is 0.141. The van der Waals surface area contributed by atoms with E-state index in [2.05, 4.69) is 130 Å². The van der Waals surface area contributed by atoms with Gasteiger partial charge in [0.2, 0.25) is 6.71 Å². The maximum Gasteiger partial charge on any atom is 0.201 e. The van der Waals surface area contributed by atoms with Crippen LogP contribution in [0, 0.1) is 17.3 Å². The number of anilines is 1. The molecule has 0 aromatic heterocycles. The van der Waals surface area contributed by atoms with Crippen LogP contribution in [0.15, 0.2) is 72.4 Å². The van der Waals surface area contributed by atoms with Gasteiger partial charge in [0.1, 0.15) is 0 Å². The summed E-state index contributed by atoms with van der Waals surface area (Å²) in [6.45, 7) is 15.9. The number of fused-ring (bicyclic) bond motifs is 7. The van der Waals surface area contributed by atoms with E-state index in [4.69, 9.17) is 0 Å². The Morgan fingerprint density at radius 1 is 0.920 bits per heavy atom. The highest BCUT2D eigenvalue weighted by Crippen LogP contribution is 2.66. The first-order chi connectivity index (χ1) is 24.1. The minimum absolute atomic E-state index is 0.141. The number of hydrogen-bond donors (Lipinski definition) is 0. The highest BCUT2D eigenvalue weighted by molar-refractivity contribution is 8.02. The van der Waals surface area contributed by atoms with E-state index in [1.165, 1.54) is 64.2 Å². The van der Waals surface area contributed by atoms with Crippen molar-refractivity contribution in [3.05, 3.63) is 83.5 Å². The van der Waals surface area contributed by atoms with Crippen LogP contribution >= 0.6 is 11.8 Å². The van der Waals surface area contributed by atoms with Gasteiger partial charge in [-0.15, -0.1) is 0 Å². The number of hydrogen-bond acceptors (Lipinski definition) is 3. The monoisotopic (exact) mass is 684 g/mol. The van der Waals surface area contributed by atoms with Crippen LogP contribution in [0.1, 0.15) is 129 Å². The van der Waals surface area contributed by atoms with Crippen molar-refractivity contribution < 1.29 is 0 Å². The average Bonchev–Trinajstić information content (AvgIpc) is 3.57. The molecule has 264 valence electrons. The van der Waals surface area contributed by atoms with Gasteiger partial charge in [0.15, 0.2) is 0 Å². The van der Waals surface area contributed by atoms with Crippen LogP contribution in [0.5, 0.6) is 0 Å². The molecule has 4 heterocycles. The molecule has 4 aliphatic heterocycles. The lowest BCUT2D eigenvalue weighted by atomic mass is 9.26. The first-order valence-electron chi connectivity index (χ1n) is 20.9. The predicted molar refractivity (Wildman–Crippen MR) is 216 cm³/mol. The molecule has 1 aromatic carbocycles. The van der Waals surface area contributed by atoms with Gasteiger partial charge in [-0.1, -0.05) is 119 Å². The van der Waals surface area contributed by atoms with Gasteiger partial charge >= 0.3 is 0 Å². The summed E-state index contributed by atoms with van der Waals surface area (Å²) in [6, 6.07) is 7.98. The Kier molecular flexibility index (Phi) is 7.56. The number of allylic oxidation sites excluding steroid dienone is 6. The highest BCUT2D eigenvalue weighted by Gasteiger charge is 2.69. The van der Waals surface area contributed by atoms with Crippen LogP contribution in [-0.2, 0) is 5.41 Å². The van der Waals surface area contributed by atoms with Crippen molar-refractivity contribution in [3.8, 4) is 0 Å². The maximum atomic E-state index is 3.20. The highest BCUT2D eigenvalue weighted by atomic mass is 32.2. The van der Waals surface area contributed by atoms with Gasteiger partial charge < -0.3 is 4.90 Å². The third-order valence-electron chi connectivity index (χ3n) is 15.9. The van der Waals surface area contributed by atoms with Crippen molar-refractivity contribution in [2.75, 3.05) is 4.90 Å². The van der Waals surface area contributed by atoms with Crippen LogP contribution in [0.3, 0.4) is 0 Å². The zero-order valence-corrected chi connectivity index (χ0v) is 32.6. The third-order valence-corrected chi connectivity index (χ3v) is 17.6. The molecule has 4 heteroatoms. The first-order valence-corrected chi connectivity index (χ1v) is 21.8. The molecule has 50 heavy (non-hydrogen) atoms. The van der Waals surface area contributed by atoms with E-state index >= 15 is 0 Å². The summed E-state index contributed by atoms with van der Waals surface area (Å²) < 4.78 is 0. The van der Waals surface area contributed by atoms with Gasteiger partial charge in [-0.3, -0.25) is 4.90 Å². The van der Waals surface area contributed by atoms with Gasteiger partial charge in [0.05, 0.1) is 0 Å². The van der Waals surface area contributed by atoms with Crippen molar-refractivity contribution in [1.29, 1.82) is 0 Å². The molecule has 9 aliphatic rings. The van der Waals surface area contributed by atoms with Gasteiger partial charge in [-0.05, 0) is 99.1 Å². The van der Waals surface area contributed by atoms with E-state index in [0.717, 1.165) is 12.3 Å². The van der Waals surface area contributed by atoms with Crippen molar-refractivity contribution in [2.24, 2.45) is 17.3 Å². The summed E-state index contributed by atoms with van der Waals surface area (Å²) in [5.41, 5.74) is 9.12. The number of thioether (sulfide) groups is 1. The maximum absolute atomic E-state index is 3.20. The van der Waals surface area contributed by atoms with E-state index < -0.39 is 0 Å². The molecule has 0 radical (unpaired) electrons. The van der Waals surface area contributed by atoms with E-state index in [1.807, 2.05) is 0 Å². The lowest BCUT2D eigenvalue weighted by molar-refractivity contribution is 0.0308. The Bertz CT molecular complexity index is 1700. The molecular formula is C46H61BN2S. The molecule has 0 amide bonds. The second-order valence-electron chi connectivity index (χ2n) is 19.8. The predicted octanol–water partition coefficient (Wildman–Crippen LogP) is 10.3. The first kappa shape index (κ1) is 32.7. The van der Waals surface area contributed by atoms with Crippen molar-refractivity contribution >= 4 is 29.6 Å². The van der Waals surface area contributed by atoms with E-state index in [0.29, 0.717) is 58.9 Å². The molecule has 2 saturated heterocycles. The van der Waals surface area contributed by atoms with Gasteiger partial charge in [-0.25, -0.2) is 0 Å². The molecule has 10 atom stereocenters. The molecule has 10 unspecified atom stereocenters. The van der Waals surface area contributed by atoms with Crippen LogP contribution in [0.4, 0.5) is 5.69 Å². The fourth-order valence-electron chi connectivity index (χ4n) is 13.7. The lowest BCUT2D eigenvalue weighted by Gasteiger charge is -2.64. The summed E-state index contributed by atoms with van der Waals surface area (Å²) in [7, 11) is 0. The fraction of sp³-hybridized carbons (Fsp3) is 0.652. The minimum Gasteiger partial charge on any atom is -0.363 e. The summed E-state index contributed by atoms with van der Waals surface area (Å²) >= 11 is 2.40. The molecular weight excluding hydrogens is 623 g/mol. The van der Waals surface area contributed by atoms with Gasteiger partial charge in [0.25, 0.3) is 0 Å². The van der Waals surface area contributed by atoms with E-state index in [9.17, 15) is 0 Å². The Labute approximate surface area is 308 Å². The zero-order valence-electron chi connectivity index (χ0n) is 31.8. The van der Waals surface area contributed by atoms with Crippen molar-refractivity contribution in [1.82, 2.24) is 4.90 Å². The topological polar surface area (TPSA) is 6.48 Å². The van der Waals surface area contributed by atoms with Crippen LogP contribution in [0.25, 0.3) is 0 Å². The van der Waals surface area contributed by atoms with Gasteiger partial charge in [-0.2, -0.15) is 11.8 Å². The van der Waals surface area contributed by atoms with E-state index in [-0.39, 0.29) is 16.4 Å². The SMILES string of the molecule is CC1CC2C3B(c4cc(C5C=CCCC5)cc5c4N(C3C1)C(C)(C)C51CCCCC1)C1SC3C=CC(C(C)(C)C)=CC3C1N2C1C=CC=CC1. The second-order valence-corrected chi connectivity index (χ2v) is 21.1. The number of rotatable bonds is 2. The Hall–Kier alpha value is -1.91. The third kappa shape index (κ3) is 4.51. The Morgan fingerprint density at radius 2 is 1.74 bits per heavy atom. The fourth-order valence-corrected chi connectivity index (χ4v) is 15.7. The summed E-state index contributed by atoms with van der Waals surface area (Å²) in [5.74, 6) is 2.59. The lowest BCUT2D eigenvalue weighted by Crippen LogP contribution is -2.76. The van der Waals surface area contributed by atoms with Crippen LogP contribution in [0.2, 0.25) is 5.82 Å².